The first-order chi connectivity index (χ1) is 9.72. The van der Waals surface area contributed by atoms with Crippen molar-refractivity contribution < 1.29 is 9.66 Å². The normalized spacial score (nSPS) is 12.1. The summed E-state index contributed by atoms with van der Waals surface area (Å²) in [5.74, 6) is 0. The van der Waals surface area contributed by atoms with E-state index in [1.54, 1.807) is 12.1 Å². The monoisotopic (exact) mass is 335 g/mol. The lowest BCUT2D eigenvalue weighted by molar-refractivity contribution is -0.384. The number of hydrogen-bond donors (Lipinski definition) is 0. The van der Waals surface area contributed by atoms with Crippen LogP contribution in [0.15, 0.2) is 54.6 Å². The van der Waals surface area contributed by atoms with E-state index in [0.717, 1.165) is 16.5 Å². The molecule has 104 valence electrons. The van der Waals surface area contributed by atoms with Crippen LogP contribution in [0.25, 0.3) is 0 Å². The smallest absolute Gasteiger partial charge is 0.269 e. The van der Waals surface area contributed by atoms with Crippen molar-refractivity contribution >= 4 is 21.6 Å². The Bertz CT molecular complexity index is 557. The van der Waals surface area contributed by atoms with Gasteiger partial charge in [-0.3, -0.25) is 10.1 Å². The molecule has 20 heavy (non-hydrogen) atoms. The first-order valence-corrected chi connectivity index (χ1v) is 7.31. The van der Waals surface area contributed by atoms with Gasteiger partial charge in [0.05, 0.1) is 11.5 Å². The molecule has 2 rings (SSSR count). The molecule has 0 aliphatic rings. The lowest BCUT2D eigenvalue weighted by Crippen LogP contribution is -2.08. The number of ether oxygens (including phenoxy) is 1. The summed E-state index contributed by atoms with van der Waals surface area (Å²) in [6.45, 7) is 0.566. The van der Waals surface area contributed by atoms with Crippen molar-refractivity contribution in [3.8, 4) is 0 Å². The van der Waals surface area contributed by atoms with E-state index in [1.807, 2.05) is 30.3 Å². The summed E-state index contributed by atoms with van der Waals surface area (Å²) in [4.78, 5) is 10.3. The van der Waals surface area contributed by atoms with Gasteiger partial charge >= 0.3 is 0 Å². The van der Waals surface area contributed by atoms with Crippen LogP contribution in [0.2, 0.25) is 0 Å². The lowest BCUT2D eigenvalue weighted by atomic mass is 10.0. The molecular weight excluding hydrogens is 322 g/mol. The zero-order valence-corrected chi connectivity index (χ0v) is 12.3. The molecule has 0 aromatic heterocycles. The Labute approximate surface area is 125 Å². The van der Waals surface area contributed by atoms with E-state index in [1.165, 1.54) is 12.1 Å². The zero-order valence-electron chi connectivity index (χ0n) is 10.7. The minimum absolute atomic E-state index is 0.0843. The SMILES string of the molecule is O=[N+]([O-])c1ccc([C@H](OCCBr)c2ccccc2)cc1. The Kier molecular flexibility index (Phi) is 5.26. The van der Waals surface area contributed by atoms with Gasteiger partial charge < -0.3 is 4.74 Å². The van der Waals surface area contributed by atoms with Crippen LogP contribution in [0.5, 0.6) is 0 Å². The van der Waals surface area contributed by atoms with Crippen LogP contribution in [0.1, 0.15) is 17.2 Å². The fraction of sp³-hybridized carbons (Fsp3) is 0.200. The maximum absolute atomic E-state index is 10.7. The summed E-state index contributed by atoms with van der Waals surface area (Å²) in [6, 6.07) is 16.3. The van der Waals surface area contributed by atoms with Crippen LogP contribution in [-0.4, -0.2) is 16.9 Å². The quantitative estimate of drug-likeness (QED) is 0.453. The molecule has 0 N–H and O–H groups in total. The van der Waals surface area contributed by atoms with E-state index in [-0.39, 0.29) is 11.8 Å². The Hall–Kier alpha value is -1.72. The number of rotatable bonds is 6. The molecule has 1 atom stereocenters. The van der Waals surface area contributed by atoms with Gasteiger partial charge in [-0.15, -0.1) is 0 Å². The van der Waals surface area contributed by atoms with Crippen molar-refractivity contribution in [1.29, 1.82) is 0 Å². The zero-order chi connectivity index (χ0) is 14.4. The fourth-order valence-electron chi connectivity index (χ4n) is 1.95. The molecule has 2 aromatic rings. The first-order valence-electron chi connectivity index (χ1n) is 6.19. The van der Waals surface area contributed by atoms with Gasteiger partial charge in [-0.1, -0.05) is 46.3 Å². The molecule has 0 unspecified atom stereocenters. The molecule has 0 saturated carbocycles. The summed E-state index contributed by atoms with van der Waals surface area (Å²) < 4.78 is 5.85. The molecule has 0 aliphatic heterocycles. The van der Waals surface area contributed by atoms with Gasteiger partial charge in [0.1, 0.15) is 6.10 Å². The number of benzene rings is 2. The number of halogens is 1. The van der Waals surface area contributed by atoms with Crippen LogP contribution >= 0.6 is 15.9 Å². The number of hydrogen-bond acceptors (Lipinski definition) is 3. The predicted molar refractivity (Wildman–Crippen MR) is 81.1 cm³/mol. The van der Waals surface area contributed by atoms with E-state index >= 15 is 0 Å². The lowest BCUT2D eigenvalue weighted by Gasteiger charge is -2.18. The highest BCUT2D eigenvalue weighted by Gasteiger charge is 2.15. The standard InChI is InChI=1S/C15H14BrNO3/c16-10-11-20-15(12-4-2-1-3-5-12)13-6-8-14(9-7-13)17(18)19/h1-9,15H,10-11H2/t15-/m1/s1. The van der Waals surface area contributed by atoms with Gasteiger partial charge in [-0.2, -0.15) is 0 Å². The van der Waals surface area contributed by atoms with Crippen molar-refractivity contribution in [3.63, 3.8) is 0 Å². The highest BCUT2D eigenvalue weighted by molar-refractivity contribution is 9.09. The van der Waals surface area contributed by atoms with E-state index in [0.29, 0.717) is 6.61 Å². The van der Waals surface area contributed by atoms with Gasteiger partial charge in [0.2, 0.25) is 0 Å². The molecule has 0 fully saturated rings. The number of alkyl halides is 1. The summed E-state index contributed by atoms with van der Waals surface area (Å²) >= 11 is 3.34. The number of nitro groups is 1. The average Bonchev–Trinajstić information content (AvgIpc) is 2.49. The Morgan fingerprint density at radius 3 is 2.20 bits per heavy atom. The fourth-order valence-corrected chi connectivity index (χ4v) is 2.13. The second-order valence-electron chi connectivity index (χ2n) is 4.20. The Balaban J connectivity index is 2.28. The van der Waals surface area contributed by atoms with Crippen molar-refractivity contribution in [2.24, 2.45) is 0 Å². The van der Waals surface area contributed by atoms with Crippen LogP contribution < -0.4 is 0 Å². The first kappa shape index (κ1) is 14.7. The average molecular weight is 336 g/mol. The molecule has 0 bridgehead atoms. The number of non-ortho nitro benzene ring substituents is 1. The minimum atomic E-state index is -0.402. The van der Waals surface area contributed by atoms with Crippen molar-refractivity contribution in [3.05, 3.63) is 75.8 Å². The van der Waals surface area contributed by atoms with E-state index in [9.17, 15) is 10.1 Å². The van der Waals surface area contributed by atoms with Crippen LogP contribution in [0, 0.1) is 10.1 Å². The maximum atomic E-state index is 10.7. The van der Waals surface area contributed by atoms with Crippen LogP contribution in [0.3, 0.4) is 0 Å². The van der Waals surface area contributed by atoms with Gasteiger partial charge in [0.15, 0.2) is 0 Å². The summed E-state index contributed by atoms with van der Waals surface area (Å²) in [6.07, 6.45) is -0.213. The molecule has 5 heteroatoms. The maximum Gasteiger partial charge on any atom is 0.269 e. The Morgan fingerprint density at radius 1 is 1.05 bits per heavy atom. The molecule has 0 radical (unpaired) electrons. The molecule has 0 saturated heterocycles. The molecule has 0 heterocycles. The third-order valence-corrected chi connectivity index (χ3v) is 3.19. The summed E-state index contributed by atoms with van der Waals surface area (Å²) in [5, 5.41) is 11.4. The van der Waals surface area contributed by atoms with E-state index in [2.05, 4.69) is 15.9 Å². The number of nitro benzene ring substituents is 1. The second-order valence-corrected chi connectivity index (χ2v) is 4.99. The molecule has 2 aromatic carbocycles. The minimum Gasteiger partial charge on any atom is -0.368 e. The predicted octanol–water partition coefficient (Wildman–Crippen LogP) is 4.10. The van der Waals surface area contributed by atoms with Crippen molar-refractivity contribution in [2.75, 3.05) is 11.9 Å². The third-order valence-electron chi connectivity index (χ3n) is 2.87. The van der Waals surface area contributed by atoms with Gasteiger partial charge in [-0.25, -0.2) is 0 Å². The molecule has 0 amide bonds. The van der Waals surface area contributed by atoms with Gasteiger partial charge in [0, 0.05) is 17.5 Å². The summed E-state index contributed by atoms with van der Waals surface area (Å²) in [7, 11) is 0. The molecule has 0 spiro atoms. The van der Waals surface area contributed by atoms with Crippen LogP contribution in [0.4, 0.5) is 5.69 Å². The highest BCUT2D eigenvalue weighted by atomic mass is 79.9. The van der Waals surface area contributed by atoms with E-state index in [4.69, 9.17) is 4.74 Å². The van der Waals surface area contributed by atoms with Crippen LogP contribution in [-0.2, 0) is 4.74 Å². The van der Waals surface area contributed by atoms with Crippen molar-refractivity contribution in [2.45, 2.75) is 6.10 Å². The largest absolute Gasteiger partial charge is 0.368 e. The summed E-state index contributed by atoms with van der Waals surface area (Å²) in [5.41, 5.74) is 2.02. The second kappa shape index (κ2) is 7.17. The topological polar surface area (TPSA) is 52.4 Å². The Morgan fingerprint density at radius 2 is 1.65 bits per heavy atom. The highest BCUT2D eigenvalue weighted by Crippen LogP contribution is 2.27. The van der Waals surface area contributed by atoms with Gasteiger partial charge in [0.25, 0.3) is 5.69 Å². The molecule has 4 nitrogen and oxygen atoms in total. The third kappa shape index (κ3) is 3.65. The van der Waals surface area contributed by atoms with Gasteiger partial charge in [-0.05, 0) is 23.3 Å². The number of nitrogens with zero attached hydrogens (tertiary/aromatic N) is 1. The molecule has 0 aliphatic carbocycles. The van der Waals surface area contributed by atoms with E-state index < -0.39 is 4.92 Å². The van der Waals surface area contributed by atoms with Crippen molar-refractivity contribution in [1.82, 2.24) is 0 Å². The molecular formula is C15H14BrNO3.